The van der Waals surface area contributed by atoms with Crippen LogP contribution in [0.25, 0.3) is 5.69 Å². The molecule has 166 valence electrons. The number of para-hydroxylation sites is 2. The number of rotatable bonds is 5. The van der Waals surface area contributed by atoms with E-state index < -0.39 is 6.04 Å². The first kappa shape index (κ1) is 21.6. The molecule has 32 heavy (non-hydrogen) atoms. The molecule has 0 spiro atoms. The Morgan fingerprint density at radius 1 is 1.03 bits per heavy atom. The highest BCUT2D eigenvalue weighted by Gasteiger charge is 2.37. The molecule has 1 unspecified atom stereocenters. The molecule has 2 heterocycles. The van der Waals surface area contributed by atoms with Gasteiger partial charge in [0.1, 0.15) is 18.4 Å². The molecule has 0 radical (unpaired) electrons. The number of aromatic nitrogens is 1. The average Bonchev–Trinajstić information content (AvgIpc) is 3.27. The van der Waals surface area contributed by atoms with Crippen LogP contribution in [-0.4, -0.2) is 40.5 Å². The van der Waals surface area contributed by atoms with Crippen LogP contribution >= 0.6 is 0 Å². The van der Waals surface area contributed by atoms with Crippen molar-refractivity contribution in [3.63, 3.8) is 0 Å². The van der Waals surface area contributed by atoms with E-state index in [1.54, 1.807) is 17.0 Å². The van der Waals surface area contributed by atoms with Crippen LogP contribution in [0.4, 0.5) is 14.9 Å². The summed E-state index contributed by atoms with van der Waals surface area (Å²) in [5.41, 5.74) is 3.32. The molecule has 0 aliphatic carbocycles. The molecule has 3 amide bonds. The molecule has 3 aromatic rings. The number of anilines is 1. The monoisotopic (exact) mass is 434 g/mol. The van der Waals surface area contributed by atoms with E-state index in [1.807, 2.05) is 63.4 Å². The number of halogens is 1. The smallest absolute Gasteiger partial charge is 0.318 e. The summed E-state index contributed by atoms with van der Waals surface area (Å²) in [6, 6.07) is 16.9. The Kier molecular flexibility index (Phi) is 5.99. The molecule has 2 aromatic carbocycles. The average molecular weight is 435 g/mol. The number of benzene rings is 2. The maximum absolute atomic E-state index is 13.8. The summed E-state index contributed by atoms with van der Waals surface area (Å²) in [5.74, 6) is -0.542. The summed E-state index contributed by atoms with van der Waals surface area (Å²) in [6.45, 7) is 6.02. The molecule has 0 fully saturated rings. The van der Waals surface area contributed by atoms with Gasteiger partial charge in [-0.25, -0.2) is 9.18 Å². The Bertz CT molecular complexity index is 1120. The Labute approximate surface area is 187 Å². The SMILES string of the molecule is CCNC(=O)N(CC(=O)N1c2ccccc2-n2cccc2C1c1ccc(F)cc1)C(C)C. The minimum atomic E-state index is -0.448. The van der Waals surface area contributed by atoms with Crippen molar-refractivity contribution >= 4 is 17.6 Å². The van der Waals surface area contributed by atoms with Gasteiger partial charge in [0.05, 0.1) is 17.1 Å². The molecule has 0 bridgehead atoms. The maximum atomic E-state index is 13.8. The molecule has 1 N–H and O–H groups in total. The van der Waals surface area contributed by atoms with Gasteiger partial charge in [0.25, 0.3) is 0 Å². The number of urea groups is 1. The van der Waals surface area contributed by atoms with Crippen LogP contribution in [0.2, 0.25) is 0 Å². The molecular formula is C25H27FN4O2. The van der Waals surface area contributed by atoms with Crippen molar-refractivity contribution in [1.82, 2.24) is 14.8 Å². The predicted molar refractivity (Wildman–Crippen MR) is 122 cm³/mol. The largest absolute Gasteiger partial charge is 0.338 e. The normalized spacial score (nSPS) is 14.7. The second kappa shape index (κ2) is 8.86. The van der Waals surface area contributed by atoms with Gasteiger partial charge in [-0.05, 0) is 62.7 Å². The van der Waals surface area contributed by atoms with Gasteiger partial charge in [-0.2, -0.15) is 0 Å². The molecule has 1 aromatic heterocycles. The number of carbonyl (C=O) groups excluding carboxylic acids is 2. The van der Waals surface area contributed by atoms with Crippen molar-refractivity contribution in [2.75, 3.05) is 18.0 Å². The number of amides is 3. The van der Waals surface area contributed by atoms with Gasteiger partial charge in [0.15, 0.2) is 0 Å². The van der Waals surface area contributed by atoms with Crippen LogP contribution in [-0.2, 0) is 4.79 Å². The van der Waals surface area contributed by atoms with E-state index in [-0.39, 0.29) is 30.3 Å². The third-order valence-corrected chi connectivity index (χ3v) is 5.69. The summed E-state index contributed by atoms with van der Waals surface area (Å²) in [6.07, 6.45) is 1.96. The number of carbonyl (C=O) groups is 2. The van der Waals surface area contributed by atoms with E-state index in [0.717, 1.165) is 22.6 Å². The van der Waals surface area contributed by atoms with Gasteiger partial charge >= 0.3 is 6.03 Å². The summed E-state index contributed by atoms with van der Waals surface area (Å²) in [5, 5.41) is 2.79. The minimum Gasteiger partial charge on any atom is -0.338 e. The van der Waals surface area contributed by atoms with E-state index in [4.69, 9.17) is 0 Å². The summed E-state index contributed by atoms with van der Waals surface area (Å²) < 4.78 is 15.7. The van der Waals surface area contributed by atoms with Crippen LogP contribution < -0.4 is 10.2 Å². The van der Waals surface area contributed by atoms with Crippen molar-refractivity contribution in [2.45, 2.75) is 32.9 Å². The van der Waals surface area contributed by atoms with E-state index >= 15 is 0 Å². The van der Waals surface area contributed by atoms with Crippen molar-refractivity contribution < 1.29 is 14.0 Å². The second-order valence-corrected chi connectivity index (χ2v) is 8.07. The quantitative estimate of drug-likeness (QED) is 0.643. The first-order valence-electron chi connectivity index (χ1n) is 10.8. The Balaban J connectivity index is 1.80. The van der Waals surface area contributed by atoms with Crippen LogP contribution in [0.1, 0.15) is 38.1 Å². The lowest BCUT2D eigenvalue weighted by Crippen LogP contribution is -2.51. The Morgan fingerprint density at radius 2 is 1.72 bits per heavy atom. The number of nitrogens with one attached hydrogen (secondary N) is 1. The van der Waals surface area contributed by atoms with Crippen LogP contribution in [0.3, 0.4) is 0 Å². The number of hydrogen-bond acceptors (Lipinski definition) is 2. The lowest BCUT2D eigenvalue weighted by atomic mass is 9.97. The van der Waals surface area contributed by atoms with Gasteiger partial charge in [0.2, 0.25) is 5.91 Å². The fourth-order valence-corrected chi connectivity index (χ4v) is 4.19. The molecule has 6 nitrogen and oxygen atoms in total. The zero-order chi connectivity index (χ0) is 22.8. The first-order valence-corrected chi connectivity index (χ1v) is 10.8. The molecule has 1 aliphatic rings. The van der Waals surface area contributed by atoms with Crippen LogP contribution in [0.5, 0.6) is 0 Å². The van der Waals surface area contributed by atoms with Crippen molar-refractivity contribution in [3.8, 4) is 5.69 Å². The molecule has 1 atom stereocenters. The van der Waals surface area contributed by atoms with Gasteiger partial charge in [-0.1, -0.05) is 24.3 Å². The molecule has 1 aliphatic heterocycles. The van der Waals surface area contributed by atoms with E-state index in [0.29, 0.717) is 6.54 Å². The molecule has 4 rings (SSSR count). The van der Waals surface area contributed by atoms with Crippen molar-refractivity contribution in [1.29, 1.82) is 0 Å². The Morgan fingerprint density at radius 3 is 2.38 bits per heavy atom. The number of nitrogens with zero attached hydrogens (tertiary/aromatic N) is 3. The van der Waals surface area contributed by atoms with Gasteiger partial charge < -0.3 is 14.8 Å². The maximum Gasteiger partial charge on any atom is 0.318 e. The van der Waals surface area contributed by atoms with E-state index in [9.17, 15) is 14.0 Å². The molecular weight excluding hydrogens is 407 g/mol. The van der Waals surface area contributed by atoms with Crippen molar-refractivity contribution in [3.05, 3.63) is 83.9 Å². The topological polar surface area (TPSA) is 57.6 Å². The third kappa shape index (κ3) is 3.86. The van der Waals surface area contributed by atoms with Gasteiger partial charge in [-0.15, -0.1) is 0 Å². The van der Waals surface area contributed by atoms with Crippen molar-refractivity contribution in [2.24, 2.45) is 0 Å². The number of fused-ring (bicyclic) bond motifs is 3. The zero-order valence-corrected chi connectivity index (χ0v) is 18.5. The highest BCUT2D eigenvalue weighted by Crippen LogP contribution is 2.42. The van der Waals surface area contributed by atoms with E-state index in [1.165, 1.54) is 17.0 Å². The predicted octanol–water partition coefficient (Wildman–Crippen LogP) is 4.49. The molecule has 7 heteroatoms. The highest BCUT2D eigenvalue weighted by molar-refractivity contribution is 6.00. The summed E-state index contributed by atoms with van der Waals surface area (Å²) in [7, 11) is 0. The van der Waals surface area contributed by atoms with E-state index in [2.05, 4.69) is 9.88 Å². The lowest BCUT2D eigenvalue weighted by Gasteiger charge is -2.40. The lowest BCUT2D eigenvalue weighted by molar-refractivity contribution is -0.120. The second-order valence-electron chi connectivity index (χ2n) is 8.07. The Hall–Kier alpha value is -3.61. The highest BCUT2D eigenvalue weighted by atomic mass is 19.1. The van der Waals surface area contributed by atoms with Crippen LogP contribution in [0.15, 0.2) is 66.9 Å². The summed E-state index contributed by atoms with van der Waals surface area (Å²) in [4.78, 5) is 29.6. The number of hydrogen-bond donors (Lipinski definition) is 1. The van der Waals surface area contributed by atoms with Crippen LogP contribution in [0, 0.1) is 5.82 Å². The fraction of sp³-hybridized carbons (Fsp3) is 0.280. The first-order chi connectivity index (χ1) is 15.4. The zero-order valence-electron chi connectivity index (χ0n) is 18.5. The fourth-order valence-electron chi connectivity index (χ4n) is 4.19. The minimum absolute atomic E-state index is 0.0732. The standard InChI is InChI=1S/C25H27FN4O2/c1-4-27-25(32)29(17(2)3)16-23(31)30-21-9-6-5-8-20(21)28-15-7-10-22(28)24(30)18-11-13-19(26)14-12-18/h5-15,17,24H,4,16H2,1-3H3,(H,27,32). The van der Waals surface area contributed by atoms with Gasteiger partial charge in [0, 0.05) is 18.8 Å². The molecule has 0 saturated heterocycles. The van der Waals surface area contributed by atoms with Gasteiger partial charge in [-0.3, -0.25) is 9.69 Å². The molecule has 0 saturated carbocycles. The summed E-state index contributed by atoms with van der Waals surface area (Å²) >= 11 is 0. The third-order valence-electron chi connectivity index (χ3n) is 5.69.